The van der Waals surface area contributed by atoms with Gasteiger partial charge in [-0.05, 0) is 35.9 Å². The van der Waals surface area contributed by atoms with Gasteiger partial charge in [0.05, 0.1) is 29.1 Å². The minimum absolute atomic E-state index is 0.204. The molecule has 0 bridgehead atoms. The summed E-state index contributed by atoms with van der Waals surface area (Å²) in [6, 6.07) is 10.3. The summed E-state index contributed by atoms with van der Waals surface area (Å²) in [6.45, 7) is -0.204. The number of methoxy groups -OCH3 is 1. The quantitative estimate of drug-likeness (QED) is 0.569. The maximum atomic E-state index is 12.1. The maximum absolute atomic E-state index is 12.1. The molecule has 1 N–H and O–H groups in total. The number of hydrazone groups is 1. The van der Waals surface area contributed by atoms with Gasteiger partial charge in [-0.3, -0.25) is 4.79 Å². The molecule has 0 aliphatic heterocycles. The van der Waals surface area contributed by atoms with Crippen LogP contribution in [0, 0.1) is 0 Å². The van der Waals surface area contributed by atoms with E-state index in [1.54, 1.807) is 41.6 Å². The molecule has 0 aliphatic rings. The fraction of sp³-hybridized carbons (Fsp3) is 0.222. The van der Waals surface area contributed by atoms with Crippen molar-refractivity contribution in [2.45, 2.75) is 0 Å². The molecule has 138 valence electrons. The van der Waals surface area contributed by atoms with Gasteiger partial charge in [-0.2, -0.15) is 5.10 Å². The van der Waals surface area contributed by atoms with Crippen LogP contribution < -0.4 is 14.8 Å². The van der Waals surface area contributed by atoms with Crippen molar-refractivity contribution in [3.8, 4) is 11.5 Å². The van der Waals surface area contributed by atoms with Crippen molar-refractivity contribution in [2.75, 3.05) is 33.1 Å². The van der Waals surface area contributed by atoms with Gasteiger partial charge in [0.1, 0.15) is 0 Å². The number of carbonyl (C=O) groups is 1. The van der Waals surface area contributed by atoms with Crippen molar-refractivity contribution in [1.82, 2.24) is 5.01 Å². The van der Waals surface area contributed by atoms with Gasteiger partial charge in [-0.15, -0.1) is 0 Å². The zero-order valence-electron chi connectivity index (χ0n) is 14.6. The van der Waals surface area contributed by atoms with E-state index in [4.69, 9.17) is 32.7 Å². The lowest BCUT2D eigenvalue weighted by Crippen LogP contribution is -2.20. The lowest BCUT2D eigenvalue weighted by Gasteiger charge is -2.12. The number of anilines is 1. The minimum atomic E-state index is -0.366. The van der Waals surface area contributed by atoms with Crippen LogP contribution in [0.25, 0.3) is 0 Å². The van der Waals surface area contributed by atoms with Gasteiger partial charge in [0.15, 0.2) is 18.1 Å². The summed E-state index contributed by atoms with van der Waals surface area (Å²) in [5.74, 6) is 0.581. The summed E-state index contributed by atoms with van der Waals surface area (Å²) < 4.78 is 10.9. The number of amides is 1. The molecule has 2 rings (SSSR count). The first kappa shape index (κ1) is 19.9. The first-order valence-corrected chi connectivity index (χ1v) is 8.42. The molecule has 1 amide bonds. The Morgan fingerprint density at radius 1 is 1.23 bits per heavy atom. The summed E-state index contributed by atoms with van der Waals surface area (Å²) in [6.07, 6.45) is 1.69. The van der Waals surface area contributed by atoms with Crippen molar-refractivity contribution in [1.29, 1.82) is 0 Å². The van der Waals surface area contributed by atoms with Crippen molar-refractivity contribution < 1.29 is 14.3 Å². The van der Waals surface area contributed by atoms with Crippen molar-refractivity contribution >= 4 is 41.0 Å². The van der Waals surface area contributed by atoms with E-state index in [-0.39, 0.29) is 17.5 Å². The monoisotopic (exact) mass is 395 g/mol. The fourth-order valence-electron chi connectivity index (χ4n) is 2.00. The zero-order chi connectivity index (χ0) is 19.1. The Kier molecular flexibility index (Phi) is 7.12. The number of rotatable bonds is 7. The second-order valence-electron chi connectivity index (χ2n) is 5.44. The van der Waals surface area contributed by atoms with Gasteiger partial charge in [-0.1, -0.05) is 29.3 Å². The predicted molar refractivity (Wildman–Crippen MR) is 105 cm³/mol. The molecule has 0 radical (unpaired) electrons. The summed E-state index contributed by atoms with van der Waals surface area (Å²) >= 11 is 12.0. The second kappa shape index (κ2) is 9.31. The third kappa shape index (κ3) is 5.54. The Hall–Kier alpha value is -2.44. The number of halogens is 2. The molecule has 0 aromatic heterocycles. The van der Waals surface area contributed by atoms with Crippen molar-refractivity contribution in [2.24, 2.45) is 5.10 Å². The number of nitrogens with zero attached hydrogens (tertiary/aromatic N) is 2. The van der Waals surface area contributed by atoms with Crippen molar-refractivity contribution in [3.05, 3.63) is 52.0 Å². The molecule has 0 saturated carbocycles. The lowest BCUT2D eigenvalue weighted by atomic mass is 10.2. The van der Waals surface area contributed by atoms with Gasteiger partial charge in [0.25, 0.3) is 5.91 Å². The predicted octanol–water partition coefficient (Wildman–Crippen LogP) is 3.92. The average Bonchev–Trinajstić information content (AvgIpc) is 2.62. The van der Waals surface area contributed by atoms with E-state index in [1.165, 1.54) is 7.11 Å². The van der Waals surface area contributed by atoms with E-state index in [2.05, 4.69) is 10.4 Å². The molecule has 2 aromatic carbocycles. The van der Waals surface area contributed by atoms with Crippen LogP contribution in [0.2, 0.25) is 10.0 Å². The summed E-state index contributed by atoms with van der Waals surface area (Å²) in [5, 5.41) is 9.14. The van der Waals surface area contributed by atoms with Crippen LogP contribution in [-0.2, 0) is 4.79 Å². The third-order valence-electron chi connectivity index (χ3n) is 3.21. The zero-order valence-corrected chi connectivity index (χ0v) is 16.1. The van der Waals surface area contributed by atoms with E-state index >= 15 is 0 Å². The van der Waals surface area contributed by atoms with Gasteiger partial charge in [0.2, 0.25) is 0 Å². The molecular weight excluding hydrogens is 377 g/mol. The minimum Gasteiger partial charge on any atom is -0.493 e. The highest BCUT2D eigenvalue weighted by atomic mass is 35.5. The van der Waals surface area contributed by atoms with Crippen molar-refractivity contribution in [3.63, 3.8) is 0 Å². The van der Waals surface area contributed by atoms with Crippen LogP contribution in [0.4, 0.5) is 5.69 Å². The number of benzene rings is 2. The van der Waals surface area contributed by atoms with E-state index in [9.17, 15) is 4.79 Å². The molecule has 0 heterocycles. The normalized spacial score (nSPS) is 10.7. The largest absolute Gasteiger partial charge is 0.493 e. The smallest absolute Gasteiger partial charge is 0.262 e. The average molecular weight is 396 g/mol. The first-order valence-electron chi connectivity index (χ1n) is 7.66. The fourth-order valence-corrected chi connectivity index (χ4v) is 2.34. The highest BCUT2D eigenvalue weighted by Gasteiger charge is 2.11. The number of ether oxygens (including phenoxy) is 2. The Labute approximate surface area is 162 Å². The molecule has 0 saturated heterocycles. The van der Waals surface area contributed by atoms with E-state index in [0.717, 1.165) is 5.56 Å². The number of carbonyl (C=O) groups excluding carboxylic acids is 1. The Morgan fingerprint density at radius 3 is 2.69 bits per heavy atom. The molecule has 6 nitrogen and oxygen atoms in total. The topological polar surface area (TPSA) is 63.2 Å². The Bertz CT molecular complexity index is 810. The summed E-state index contributed by atoms with van der Waals surface area (Å²) in [4.78, 5) is 12.1. The molecule has 26 heavy (non-hydrogen) atoms. The van der Waals surface area contributed by atoms with Gasteiger partial charge < -0.3 is 19.8 Å². The standard InChI is InChI=1S/C18H19Cl2N3O3/c1-23(2)21-10-12-7-8-15(16(9-12)25-3)26-11-17(24)22-14-6-4-5-13(19)18(14)20/h4-10H,11H2,1-3H3,(H,22,24)/b21-10+. The molecule has 0 fully saturated rings. The van der Waals surface area contributed by atoms with E-state index in [0.29, 0.717) is 22.2 Å². The van der Waals surface area contributed by atoms with Gasteiger partial charge >= 0.3 is 0 Å². The van der Waals surface area contributed by atoms with E-state index < -0.39 is 0 Å². The molecule has 0 unspecified atom stereocenters. The maximum Gasteiger partial charge on any atom is 0.262 e. The first-order chi connectivity index (χ1) is 12.4. The molecule has 0 atom stereocenters. The third-order valence-corrected chi connectivity index (χ3v) is 4.03. The van der Waals surface area contributed by atoms with Crippen LogP contribution in [0.1, 0.15) is 5.56 Å². The summed E-state index contributed by atoms with van der Waals surface area (Å²) in [7, 11) is 5.19. The number of nitrogens with one attached hydrogen (secondary N) is 1. The lowest BCUT2D eigenvalue weighted by molar-refractivity contribution is -0.118. The van der Waals surface area contributed by atoms with Crippen LogP contribution in [0.15, 0.2) is 41.5 Å². The van der Waals surface area contributed by atoms with Gasteiger partial charge in [0, 0.05) is 14.1 Å². The van der Waals surface area contributed by atoms with Crippen LogP contribution in [0.3, 0.4) is 0 Å². The highest BCUT2D eigenvalue weighted by Crippen LogP contribution is 2.30. The summed E-state index contributed by atoms with van der Waals surface area (Å²) in [5.41, 5.74) is 1.27. The number of hydrogen-bond donors (Lipinski definition) is 1. The molecule has 8 heteroatoms. The number of hydrogen-bond acceptors (Lipinski definition) is 5. The van der Waals surface area contributed by atoms with E-state index in [1.807, 2.05) is 20.2 Å². The van der Waals surface area contributed by atoms with Crippen LogP contribution in [-0.4, -0.2) is 44.9 Å². The van der Waals surface area contributed by atoms with Crippen LogP contribution in [0.5, 0.6) is 11.5 Å². The molecule has 0 spiro atoms. The van der Waals surface area contributed by atoms with Gasteiger partial charge in [-0.25, -0.2) is 0 Å². The molecule has 2 aromatic rings. The molecule has 0 aliphatic carbocycles. The highest BCUT2D eigenvalue weighted by molar-refractivity contribution is 6.43. The molecular formula is C18H19Cl2N3O3. The Morgan fingerprint density at radius 2 is 2.00 bits per heavy atom. The Balaban J connectivity index is 2.02. The second-order valence-corrected chi connectivity index (χ2v) is 6.23. The SMILES string of the molecule is COc1cc(/C=N/N(C)C)ccc1OCC(=O)Nc1cccc(Cl)c1Cl. The van der Waals surface area contributed by atoms with Crippen LogP contribution >= 0.6 is 23.2 Å².